The molecule has 0 aliphatic carbocycles. The van der Waals surface area contributed by atoms with Crippen LogP contribution in [0, 0.1) is 5.82 Å². The van der Waals surface area contributed by atoms with Gasteiger partial charge in [0.15, 0.2) is 5.78 Å². The quantitative estimate of drug-likeness (QED) is 0.273. The van der Waals surface area contributed by atoms with Gasteiger partial charge in [-0.2, -0.15) is 25.3 Å². The maximum absolute atomic E-state index is 13.0. The van der Waals surface area contributed by atoms with Gasteiger partial charge in [-0.1, -0.05) is 0 Å². The molecule has 1 aliphatic heterocycles. The number of likely N-dealkylation sites (tertiary alicyclic amines) is 1. The zero-order valence-corrected chi connectivity index (χ0v) is 21.3. The van der Waals surface area contributed by atoms with Crippen molar-refractivity contribution in [3.05, 3.63) is 35.6 Å². The summed E-state index contributed by atoms with van der Waals surface area (Å²) in [4.78, 5) is 14.8. The molecule has 1 aliphatic rings. The second kappa shape index (κ2) is 11.5. The molecule has 0 atom stereocenters. The summed E-state index contributed by atoms with van der Waals surface area (Å²) >= 11 is 9.32. The highest BCUT2D eigenvalue weighted by molar-refractivity contribution is 7.82. The van der Waals surface area contributed by atoms with E-state index in [0.717, 1.165) is 58.5 Å². The molecule has 0 saturated carbocycles. The fourth-order valence-corrected chi connectivity index (χ4v) is 4.07. The molecule has 2 rings (SSSR count). The molecule has 4 nitrogen and oxygen atoms in total. The first-order valence-electron chi connectivity index (χ1n) is 11.3. The van der Waals surface area contributed by atoms with Gasteiger partial charge in [-0.3, -0.25) is 4.79 Å². The van der Waals surface area contributed by atoms with E-state index in [0.29, 0.717) is 12.0 Å². The first kappa shape index (κ1) is 26.7. The number of Topliss-reactive ketones (excluding diaryl/α,β-unsaturated/α-hetero) is 1. The van der Waals surface area contributed by atoms with Crippen molar-refractivity contribution < 1.29 is 9.18 Å². The number of ketones is 1. The lowest BCUT2D eigenvalue weighted by Gasteiger charge is -2.44. The van der Waals surface area contributed by atoms with Crippen LogP contribution < -0.4 is 10.6 Å². The van der Waals surface area contributed by atoms with E-state index in [1.165, 1.54) is 12.1 Å². The van der Waals surface area contributed by atoms with Crippen molar-refractivity contribution in [2.75, 3.05) is 39.3 Å². The second-order valence-electron chi connectivity index (χ2n) is 10.2. The van der Waals surface area contributed by atoms with Gasteiger partial charge >= 0.3 is 0 Å². The zero-order chi connectivity index (χ0) is 23.1. The van der Waals surface area contributed by atoms with E-state index in [2.05, 4.69) is 68.5 Å². The molecule has 31 heavy (non-hydrogen) atoms. The lowest BCUT2D eigenvalue weighted by atomic mass is 9.86. The number of carbonyl (C=O) groups excluding carboxylic acids is 1. The van der Waals surface area contributed by atoms with Gasteiger partial charge in [0.1, 0.15) is 5.82 Å². The molecule has 0 radical (unpaired) electrons. The highest BCUT2D eigenvalue weighted by atomic mass is 32.1. The Hall–Kier alpha value is -0.600. The third-order valence-electron chi connectivity index (χ3n) is 5.77. The number of benzene rings is 1. The molecular formula is C24H40FN3OS2. The average Bonchev–Trinajstić information content (AvgIpc) is 2.67. The Morgan fingerprint density at radius 1 is 1.06 bits per heavy atom. The second-order valence-corrected chi connectivity index (χ2v) is 12.7. The van der Waals surface area contributed by atoms with E-state index < -0.39 is 0 Å². The van der Waals surface area contributed by atoms with E-state index in [9.17, 15) is 9.18 Å². The molecule has 0 bridgehead atoms. The minimum atomic E-state index is -0.310. The first-order chi connectivity index (χ1) is 14.4. The van der Waals surface area contributed by atoms with Crippen LogP contribution >= 0.6 is 25.3 Å². The molecule has 0 amide bonds. The summed E-state index contributed by atoms with van der Waals surface area (Å²) in [5.74, 6) is -0.224. The molecule has 1 aromatic rings. The first-order valence-corrected chi connectivity index (χ1v) is 12.2. The van der Waals surface area contributed by atoms with Crippen molar-refractivity contribution >= 4 is 31.0 Å². The van der Waals surface area contributed by atoms with Crippen LogP contribution in [0.3, 0.4) is 0 Å². The predicted molar refractivity (Wildman–Crippen MR) is 135 cm³/mol. The predicted octanol–water partition coefficient (Wildman–Crippen LogP) is 4.22. The minimum Gasteiger partial charge on any atom is -0.314 e. The Labute approximate surface area is 198 Å². The van der Waals surface area contributed by atoms with Gasteiger partial charge in [-0.05, 0) is 90.9 Å². The largest absolute Gasteiger partial charge is 0.314 e. The Morgan fingerprint density at radius 2 is 1.65 bits per heavy atom. The summed E-state index contributed by atoms with van der Waals surface area (Å²) in [6, 6.07) is 5.83. The van der Waals surface area contributed by atoms with Crippen LogP contribution in [0.4, 0.5) is 4.39 Å². The van der Waals surface area contributed by atoms with Gasteiger partial charge in [0.25, 0.3) is 0 Å². The molecule has 1 saturated heterocycles. The summed E-state index contributed by atoms with van der Waals surface area (Å²) in [5.41, 5.74) is 0.648. The van der Waals surface area contributed by atoms with Crippen molar-refractivity contribution in [2.45, 2.75) is 68.4 Å². The normalized spacial score (nSPS) is 17.6. The number of nitrogens with zero attached hydrogens (tertiary/aromatic N) is 1. The van der Waals surface area contributed by atoms with Gasteiger partial charge in [0.05, 0.1) is 0 Å². The van der Waals surface area contributed by atoms with Crippen LogP contribution in [-0.4, -0.2) is 65.0 Å². The fraction of sp³-hybridized carbons (Fsp3) is 0.708. The minimum absolute atomic E-state index is 0.0399. The van der Waals surface area contributed by atoms with E-state index in [1.807, 2.05) is 0 Å². The molecular weight excluding hydrogens is 429 g/mol. The van der Waals surface area contributed by atoms with Crippen LogP contribution in [0.1, 0.15) is 63.7 Å². The van der Waals surface area contributed by atoms with Gasteiger partial charge in [-0.15, -0.1) is 0 Å². The zero-order valence-electron chi connectivity index (χ0n) is 19.5. The van der Waals surface area contributed by atoms with E-state index in [4.69, 9.17) is 0 Å². The van der Waals surface area contributed by atoms with E-state index >= 15 is 0 Å². The monoisotopic (exact) mass is 469 g/mol. The van der Waals surface area contributed by atoms with E-state index in [1.54, 1.807) is 12.1 Å². The SMILES string of the molecule is CC(C)(S)CNCC1(NCC(C)(C)S)CCN(CCCC(=O)c2ccc(F)cc2)CC1. The fourth-order valence-electron chi connectivity index (χ4n) is 3.88. The Kier molecular flexibility index (Phi) is 9.89. The highest BCUT2D eigenvalue weighted by Gasteiger charge is 2.35. The number of hydrogen-bond acceptors (Lipinski definition) is 6. The van der Waals surface area contributed by atoms with Crippen molar-refractivity contribution in [1.29, 1.82) is 0 Å². The third-order valence-corrected chi connectivity index (χ3v) is 6.09. The van der Waals surface area contributed by atoms with Crippen LogP contribution in [0.5, 0.6) is 0 Å². The summed E-state index contributed by atoms with van der Waals surface area (Å²) in [6.07, 6.45) is 3.44. The number of hydrogen-bond donors (Lipinski definition) is 4. The number of piperidine rings is 1. The summed E-state index contributed by atoms with van der Waals surface area (Å²) in [7, 11) is 0. The molecule has 2 N–H and O–H groups in total. The Balaban J connectivity index is 1.81. The number of thiol groups is 2. The standard InChI is InChI=1S/C24H40FN3OS2/c1-22(2,30)16-26-18-24(27-17-23(3,4)31)11-14-28(15-12-24)13-5-6-21(29)19-7-9-20(25)10-8-19/h7-10,26-27,30-31H,5-6,11-18H2,1-4H3. The molecule has 0 spiro atoms. The van der Waals surface area contributed by atoms with Crippen LogP contribution in [0.2, 0.25) is 0 Å². The summed E-state index contributed by atoms with van der Waals surface area (Å²) < 4.78 is 12.9. The number of halogens is 1. The van der Waals surface area contributed by atoms with Gasteiger partial charge < -0.3 is 15.5 Å². The Bertz CT molecular complexity index is 690. The van der Waals surface area contributed by atoms with Crippen molar-refractivity contribution in [2.24, 2.45) is 0 Å². The molecule has 0 aromatic heterocycles. The molecule has 1 heterocycles. The molecule has 7 heteroatoms. The van der Waals surface area contributed by atoms with E-state index in [-0.39, 0.29) is 26.6 Å². The lowest BCUT2D eigenvalue weighted by Crippen LogP contribution is -2.60. The number of rotatable bonds is 12. The van der Waals surface area contributed by atoms with Crippen LogP contribution in [0.15, 0.2) is 24.3 Å². The topological polar surface area (TPSA) is 44.4 Å². The highest BCUT2D eigenvalue weighted by Crippen LogP contribution is 2.24. The summed E-state index contributed by atoms with van der Waals surface area (Å²) in [6.45, 7) is 14.1. The van der Waals surface area contributed by atoms with Crippen LogP contribution in [0.25, 0.3) is 0 Å². The number of carbonyl (C=O) groups is 1. The maximum Gasteiger partial charge on any atom is 0.162 e. The molecule has 1 aromatic carbocycles. The van der Waals surface area contributed by atoms with Gasteiger partial charge in [-0.25, -0.2) is 4.39 Å². The molecule has 0 unspecified atom stereocenters. The van der Waals surface area contributed by atoms with Crippen molar-refractivity contribution in [1.82, 2.24) is 15.5 Å². The van der Waals surface area contributed by atoms with Crippen molar-refractivity contribution in [3.8, 4) is 0 Å². The third kappa shape index (κ3) is 10.3. The van der Waals surface area contributed by atoms with Crippen LogP contribution in [-0.2, 0) is 0 Å². The maximum atomic E-state index is 13.0. The smallest absolute Gasteiger partial charge is 0.162 e. The van der Waals surface area contributed by atoms with Crippen molar-refractivity contribution in [3.63, 3.8) is 0 Å². The van der Waals surface area contributed by atoms with Gasteiger partial charge in [0.2, 0.25) is 0 Å². The van der Waals surface area contributed by atoms with Gasteiger partial charge in [0, 0.05) is 46.7 Å². The summed E-state index contributed by atoms with van der Waals surface area (Å²) in [5, 5.41) is 7.42. The molecule has 176 valence electrons. The Morgan fingerprint density at radius 3 is 2.19 bits per heavy atom. The average molecular weight is 470 g/mol. The molecule has 1 fully saturated rings. The number of nitrogens with one attached hydrogen (secondary N) is 2. The lowest BCUT2D eigenvalue weighted by molar-refractivity contribution is 0.0960.